The maximum Gasteiger partial charge on any atom is 0.243 e. The van der Waals surface area contributed by atoms with Crippen molar-refractivity contribution in [1.82, 2.24) is 14.5 Å². The fraction of sp³-hybridized carbons (Fsp3) is 0.458. The van der Waals surface area contributed by atoms with Crippen LogP contribution < -0.4 is 5.32 Å². The second kappa shape index (κ2) is 10.7. The molecular weight excluding hydrogens is 445 g/mol. The number of nitrogens with zero attached hydrogens (tertiary/aromatic N) is 2. The number of sulfonamides is 1. The van der Waals surface area contributed by atoms with Crippen molar-refractivity contribution < 1.29 is 22.3 Å². The topological polar surface area (TPSA) is 79.0 Å². The van der Waals surface area contributed by atoms with Gasteiger partial charge in [-0.1, -0.05) is 24.3 Å². The molecule has 9 heteroatoms. The second-order valence-corrected chi connectivity index (χ2v) is 10.4. The third kappa shape index (κ3) is 5.97. The van der Waals surface area contributed by atoms with Gasteiger partial charge in [-0.05, 0) is 48.2 Å². The van der Waals surface area contributed by atoms with E-state index in [0.29, 0.717) is 19.4 Å². The van der Waals surface area contributed by atoms with Crippen LogP contribution in [-0.2, 0) is 32.6 Å². The second-order valence-electron chi connectivity index (χ2n) is 8.51. The maximum atomic E-state index is 13.1. The molecule has 0 radical (unpaired) electrons. The van der Waals surface area contributed by atoms with E-state index in [2.05, 4.69) is 16.3 Å². The fourth-order valence-electron chi connectivity index (χ4n) is 4.33. The molecule has 0 bridgehead atoms. The Kier molecular flexibility index (Phi) is 7.75. The number of piperidine rings is 1. The molecule has 2 aliphatic rings. The summed E-state index contributed by atoms with van der Waals surface area (Å²) < 4.78 is 45.5. The van der Waals surface area contributed by atoms with Crippen molar-refractivity contribution in [2.45, 2.75) is 30.8 Å². The largest absolute Gasteiger partial charge is 0.379 e. The number of hydrogen-bond donors (Lipinski definition) is 1. The van der Waals surface area contributed by atoms with Gasteiger partial charge in [-0.15, -0.1) is 0 Å². The molecule has 0 saturated carbocycles. The average Bonchev–Trinajstić information content (AvgIpc) is 2.84. The molecule has 4 rings (SSSR count). The Balaban J connectivity index is 1.30. The lowest BCUT2D eigenvalue weighted by Gasteiger charge is -2.30. The molecule has 178 valence electrons. The van der Waals surface area contributed by atoms with E-state index in [1.54, 1.807) is 0 Å². The summed E-state index contributed by atoms with van der Waals surface area (Å²) in [6, 6.07) is 13.0. The van der Waals surface area contributed by atoms with Crippen LogP contribution in [0.4, 0.5) is 4.39 Å². The monoisotopic (exact) mass is 475 g/mol. The first-order chi connectivity index (χ1) is 15.9. The Morgan fingerprint density at radius 2 is 1.61 bits per heavy atom. The van der Waals surface area contributed by atoms with Gasteiger partial charge in [0, 0.05) is 45.2 Å². The van der Waals surface area contributed by atoms with Crippen LogP contribution >= 0.6 is 0 Å². The molecule has 33 heavy (non-hydrogen) atoms. The van der Waals surface area contributed by atoms with Crippen LogP contribution in [0.15, 0.2) is 53.4 Å². The molecule has 2 saturated heterocycles. The number of benzene rings is 2. The predicted molar refractivity (Wildman–Crippen MR) is 122 cm³/mol. The van der Waals surface area contributed by atoms with Crippen LogP contribution in [-0.4, -0.2) is 62.9 Å². The highest BCUT2D eigenvalue weighted by molar-refractivity contribution is 7.89. The number of amides is 1. The Labute approximate surface area is 194 Å². The summed E-state index contributed by atoms with van der Waals surface area (Å²) in [7, 11) is -3.68. The molecule has 2 heterocycles. The van der Waals surface area contributed by atoms with E-state index in [0.717, 1.165) is 50.5 Å². The predicted octanol–water partition coefficient (Wildman–Crippen LogP) is 2.38. The molecule has 0 aliphatic carbocycles. The average molecular weight is 476 g/mol. The molecule has 0 spiro atoms. The van der Waals surface area contributed by atoms with E-state index in [-0.39, 0.29) is 29.8 Å². The van der Waals surface area contributed by atoms with Crippen molar-refractivity contribution in [3.63, 3.8) is 0 Å². The summed E-state index contributed by atoms with van der Waals surface area (Å²) in [5.74, 6) is -0.748. The smallest absolute Gasteiger partial charge is 0.243 e. The van der Waals surface area contributed by atoms with Gasteiger partial charge in [-0.2, -0.15) is 4.31 Å². The maximum absolute atomic E-state index is 13.1. The molecule has 2 aromatic rings. The van der Waals surface area contributed by atoms with Gasteiger partial charge >= 0.3 is 0 Å². The summed E-state index contributed by atoms with van der Waals surface area (Å²) in [5.41, 5.74) is 2.29. The zero-order chi connectivity index (χ0) is 23.3. The summed E-state index contributed by atoms with van der Waals surface area (Å²) in [5, 5.41) is 3.05. The molecule has 1 amide bonds. The van der Waals surface area contributed by atoms with Gasteiger partial charge < -0.3 is 10.1 Å². The standard InChI is InChI=1S/C24H30FN3O4S/c25-22-5-7-23(8-6-22)33(30,31)28-11-9-19(10-12-28)24(29)26-17-20-3-1-2-4-21(20)18-27-13-15-32-16-14-27/h1-8,19H,9-18H2,(H,26,29). The number of carbonyl (C=O) groups is 1. The minimum atomic E-state index is -3.68. The highest BCUT2D eigenvalue weighted by atomic mass is 32.2. The third-order valence-electron chi connectivity index (χ3n) is 6.35. The zero-order valence-electron chi connectivity index (χ0n) is 18.6. The first-order valence-corrected chi connectivity index (χ1v) is 12.8. The number of ether oxygens (including phenoxy) is 1. The highest BCUT2D eigenvalue weighted by Crippen LogP contribution is 2.24. The van der Waals surface area contributed by atoms with Crippen molar-refractivity contribution in [2.75, 3.05) is 39.4 Å². The lowest BCUT2D eigenvalue weighted by atomic mass is 9.97. The number of hydrogen-bond acceptors (Lipinski definition) is 5. The minimum Gasteiger partial charge on any atom is -0.379 e. The van der Waals surface area contributed by atoms with Gasteiger partial charge in [-0.25, -0.2) is 12.8 Å². The van der Waals surface area contributed by atoms with E-state index in [1.807, 2.05) is 18.2 Å². The third-order valence-corrected chi connectivity index (χ3v) is 8.26. The van der Waals surface area contributed by atoms with Crippen LogP contribution in [0.2, 0.25) is 0 Å². The number of morpholine rings is 1. The number of nitrogens with one attached hydrogen (secondary N) is 1. The van der Waals surface area contributed by atoms with Gasteiger partial charge in [0.2, 0.25) is 15.9 Å². The first-order valence-electron chi connectivity index (χ1n) is 11.3. The van der Waals surface area contributed by atoms with Gasteiger partial charge in [0.1, 0.15) is 5.82 Å². The van der Waals surface area contributed by atoms with Crippen molar-refractivity contribution in [1.29, 1.82) is 0 Å². The fourth-order valence-corrected chi connectivity index (χ4v) is 5.79. The molecular formula is C24H30FN3O4S. The Morgan fingerprint density at radius 3 is 2.27 bits per heavy atom. The summed E-state index contributed by atoms with van der Waals surface area (Å²) >= 11 is 0. The van der Waals surface area contributed by atoms with E-state index in [1.165, 1.54) is 22.0 Å². The van der Waals surface area contributed by atoms with Gasteiger partial charge in [0.15, 0.2) is 0 Å². The normalized spacial score (nSPS) is 18.8. The Hall–Kier alpha value is -2.33. The van der Waals surface area contributed by atoms with Crippen molar-refractivity contribution >= 4 is 15.9 Å². The van der Waals surface area contributed by atoms with E-state index in [4.69, 9.17) is 4.74 Å². The van der Waals surface area contributed by atoms with Crippen molar-refractivity contribution in [2.24, 2.45) is 5.92 Å². The Morgan fingerprint density at radius 1 is 0.970 bits per heavy atom. The van der Waals surface area contributed by atoms with Crippen LogP contribution in [0.25, 0.3) is 0 Å². The SMILES string of the molecule is O=C(NCc1ccccc1CN1CCOCC1)C1CCN(S(=O)(=O)c2ccc(F)cc2)CC1. The lowest BCUT2D eigenvalue weighted by Crippen LogP contribution is -2.43. The highest BCUT2D eigenvalue weighted by Gasteiger charge is 2.32. The number of rotatable bonds is 7. The van der Waals surface area contributed by atoms with E-state index in [9.17, 15) is 17.6 Å². The molecule has 0 aromatic heterocycles. The first kappa shape index (κ1) is 23.8. The van der Waals surface area contributed by atoms with Crippen LogP contribution in [0.3, 0.4) is 0 Å². The van der Waals surface area contributed by atoms with Crippen LogP contribution in [0.5, 0.6) is 0 Å². The zero-order valence-corrected chi connectivity index (χ0v) is 19.4. The van der Waals surface area contributed by atoms with E-state index < -0.39 is 15.8 Å². The number of carbonyl (C=O) groups excluding carboxylic acids is 1. The lowest BCUT2D eigenvalue weighted by molar-refractivity contribution is -0.126. The van der Waals surface area contributed by atoms with Gasteiger partial charge in [-0.3, -0.25) is 9.69 Å². The molecule has 2 aliphatic heterocycles. The van der Waals surface area contributed by atoms with E-state index >= 15 is 0 Å². The van der Waals surface area contributed by atoms with Crippen LogP contribution in [0.1, 0.15) is 24.0 Å². The van der Waals surface area contributed by atoms with Crippen molar-refractivity contribution in [3.05, 3.63) is 65.5 Å². The summed E-state index contributed by atoms with van der Waals surface area (Å²) in [6.45, 7) is 5.11. The van der Waals surface area contributed by atoms with Gasteiger partial charge in [0.05, 0.1) is 18.1 Å². The number of halogens is 1. The summed E-state index contributed by atoms with van der Waals surface area (Å²) in [4.78, 5) is 15.2. The van der Waals surface area contributed by atoms with Crippen LogP contribution in [0, 0.1) is 11.7 Å². The molecule has 2 fully saturated rings. The minimum absolute atomic E-state index is 0.0463. The molecule has 2 aromatic carbocycles. The van der Waals surface area contributed by atoms with Crippen molar-refractivity contribution in [3.8, 4) is 0 Å². The molecule has 0 atom stereocenters. The van der Waals surface area contributed by atoms with Gasteiger partial charge in [0.25, 0.3) is 0 Å². The molecule has 7 nitrogen and oxygen atoms in total. The summed E-state index contributed by atoms with van der Waals surface area (Å²) in [6.07, 6.45) is 0.920. The molecule has 1 N–H and O–H groups in total. The molecule has 0 unspecified atom stereocenters. The Bertz CT molecular complexity index is 1050. The quantitative estimate of drug-likeness (QED) is 0.665.